The van der Waals surface area contributed by atoms with Gasteiger partial charge in [0.05, 0.1) is 0 Å². The summed E-state index contributed by atoms with van der Waals surface area (Å²) in [4.78, 5) is 66.5. The number of nitrogens with zero attached hydrogens (tertiary/aromatic N) is 1. The van der Waals surface area contributed by atoms with Crippen LogP contribution in [0.1, 0.15) is 77.4 Å². The van der Waals surface area contributed by atoms with Gasteiger partial charge in [-0.25, -0.2) is 4.79 Å². The van der Waals surface area contributed by atoms with Gasteiger partial charge in [-0.1, -0.05) is 34.6 Å². The number of alkyl carbamates (subject to hydrolysis) is 1. The molecular formula is C27H45N5O6. The van der Waals surface area contributed by atoms with Gasteiger partial charge in [0.1, 0.15) is 23.7 Å². The third-order valence-corrected chi connectivity index (χ3v) is 7.91. The molecule has 11 nitrogen and oxygen atoms in total. The predicted molar refractivity (Wildman–Crippen MR) is 140 cm³/mol. The van der Waals surface area contributed by atoms with Crippen LogP contribution in [-0.4, -0.2) is 71.4 Å². The molecule has 1 saturated carbocycles. The molecule has 214 valence electrons. The fourth-order valence-corrected chi connectivity index (χ4v) is 5.70. The molecule has 0 aromatic rings. The highest BCUT2D eigenvalue weighted by molar-refractivity contribution is 5.95. The molecule has 0 bridgehead atoms. The Balaban J connectivity index is 1.80. The SMILES string of the molecule is [2H]C1([2H])CC[C@@H](C[C@H](NC(=O)[C@@H]2[C@@H]3[C@H](CN2C(=O)[C@@H](NC(=O)OC(C)(C)C)C(C)(C)C)C3(C)C)C(N)=O)C(=O)N1. The zero-order valence-electron chi connectivity index (χ0n) is 25.8. The molecule has 11 heteroatoms. The number of ether oxygens (including phenoxy) is 1. The number of fused-ring (bicyclic) bond motifs is 1. The van der Waals surface area contributed by atoms with Gasteiger partial charge in [-0.2, -0.15) is 0 Å². The van der Waals surface area contributed by atoms with E-state index in [9.17, 15) is 24.0 Å². The summed E-state index contributed by atoms with van der Waals surface area (Å²) in [6.45, 7) is 13.1. The quantitative estimate of drug-likeness (QED) is 0.383. The zero-order valence-corrected chi connectivity index (χ0v) is 23.8. The zero-order chi connectivity index (χ0) is 30.6. The second kappa shape index (κ2) is 10.4. The van der Waals surface area contributed by atoms with Gasteiger partial charge in [-0.3, -0.25) is 19.2 Å². The number of piperidine rings is 2. The number of likely N-dealkylation sites (tertiary alicyclic amines) is 1. The molecule has 0 unspecified atom stereocenters. The van der Waals surface area contributed by atoms with Crippen LogP contribution in [0.4, 0.5) is 4.79 Å². The van der Waals surface area contributed by atoms with E-state index in [1.165, 1.54) is 4.90 Å². The number of hydrogen-bond acceptors (Lipinski definition) is 6. The van der Waals surface area contributed by atoms with Gasteiger partial charge in [-0.15, -0.1) is 0 Å². The standard InChI is InChI=1S/C27H45N5O6/c1-25(2,3)19(31-24(37)38-26(4,5)6)23(36)32-13-15-17(27(15,7)8)18(32)22(35)30-16(20(28)33)12-14-10-9-11-29-21(14)34/h14-19H,9-13H2,1-8H3,(H2,28,33)(H,29,34)(H,30,35)(H,31,37)/t14-,15-,16-,17-,18-,19+/m0/s1/i11D2. The lowest BCUT2D eigenvalue weighted by Gasteiger charge is -2.38. The first-order valence-corrected chi connectivity index (χ1v) is 13.3. The van der Waals surface area contributed by atoms with Gasteiger partial charge in [-0.05, 0) is 62.7 Å². The Morgan fingerprint density at radius 3 is 2.34 bits per heavy atom. The first-order valence-electron chi connectivity index (χ1n) is 14.3. The smallest absolute Gasteiger partial charge is 0.408 e. The Hall–Kier alpha value is -2.85. The summed E-state index contributed by atoms with van der Waals surface area (Å²) in [5.41, 5.74) is 3.93. The van der Waals surface area contributed by atoms with E-state index < -0.39 is 71.3 Å². The fraction of sp³-hybridized carbons (Fsp3) is 0.815. The van der Waals surface area contributed by atoms with E-state index in [1.54, 1.807) is 20.8 Å². The van der Waals surface area contributed by atoms with Gasteiger partial charge in [0.15, 0.2) is 0 Å². The molecule has 2 aliphatic heterocycles. The first-order chi connectivity index (χ1) is 18.0. The van der Waals surface area contributed by atoms with Crippen LogP contribution in [0.3, 0.4) is 0 Å². The summed E-state index contributed by atoms with van der Waals surface area (Å²) < 4.78 is 20.8. The van der Waals surface area contributed by atoms with Crippen LogP contribution in [0.15, 0.2) is 0 Å². The summed E-state index contributed by atoms with van der Waals surface area (Å²) in [6.07, 6.45) is -0.542. The van der Waals surface area contributed by atoms with Crippen molar-refractivity contribution in [2.75, 3.05) is 13.0 Å². The molecule has 3 aliphatic rings. The molecule has 3 fully saturated rings. The molecule has 3 rings (SSSR count). The van der Waals surface area contributed by atoms with Crippen molar-refractivity contribution >= 4 is 29.7 Å². The molecule has 38 heavy (non-hydrogen) atoms. The highest BCUT2D eigenvalue weighted by Gasteiger charge is 2.70. The maximum Gasteiger partial charge on any atom is 0.408 e. The maximum absolute atomic E-state index is 13.9. The predicted octanol–water partition coefficient (Wildman–Crippen LogP) is 1.30. The van der Waals surface area contributed by atoms with E-state index in [2.05, 4.69) is 16.0 Å². The van der Waals surface area contributed by atoms with Crippen LogP contribution in [0.5, 0.6) is 0 Å². The minimum atomic E-state index is -1.83. The van der Waals surface area contributed by atoms with Crippen LogP contribution in [0, 0.1) is 28.6 Å². The van der Waals surface area contributed by atoms with Crippen LogP contribution in [-0.2, 0) is 23.9 Å². The van der Waals surface area contributed by atoms with Gasteiger partial charge in [0.25, 0.3) is 0 Å². The lowest BCUT2D eigenvalue weighted by Crippen LogP contribution is -2.61. The van der Waals surface area contributed by atoms with E-state index in [0.29, 0.717) is 6.54 Å². The molecule has 0 spiro atoms. The molecule has 1 aliphatic carbocycles. The number of primary amides is 1. The topological polar surface area (TPSA) is 160 Å². The monoisotopic (exact) mass is 537 g/mol. The highest BCUT2D eigenvalue weighted by atomic mass is 16.6. The summed E-state index contributed by atoms with van der Waals surface area (Å²) in [6, 6.07) is -3.05. The normalized spacial score (nSPS) is 30.0. The van der Waals surface area contributed by atoms with Crippen LogP contribution >= 0.6 is 0 Å². The molecule has 2 heterocycles. The second-order valence-electron chi connectivity index (χ2n) is 13.4. The van der Waals surface area contributed by atoms with Gasteiger partial charge in [0.2, 0.25) is 23.6 Å². The number of carbonyl (C=O) groups excluding carboxylic acids is 5. The van der Waals surface area contributed by atoms with Gasteiger partial charge >= 0.3 is 6.09 Å². The molecular weight excluding hydrogens is 490 g/mol. The summed E-state index contributed by atoms with van der Waals surface area (Å²) >= 11 is 0. The number of rotatable bonds is 7. The molecule has 5 N–H and O–H groups in total. The third-order valence-electron chi connectivity index (χ3n) is 7.91. The maximum atomic E-state index is 13.9. The number of nitrogens with one attached hydrogen (secondary N) is 3. The van der Waals surface area contributed by atoms with Crippen molar-refractivity contribution in [3.8, 4) is 0 Å². The molecule has 6 atom stereocenters. The van der Waals surface area contributed by atoms with Gasteiger partial charge < -0.3 is 31.3 Å². The number of nitrogens with two attached hydrogens (primary N) is 1. The van der Waals surface area contributed by atoms with E-state index >= 15 is 0 Å². The molecule has 0 radical (unpaired) electrons. The minimum Gasteiger partial charge on any atom is -0.444 e. The van der Waals surface area contributed by atoms with E-state index in [4.69, 9.17) is 13.2 Å². The highest BCUT2D eigenvalue weighted by Crippen LogP contribution is 2.65. The molecule has 0 aromatic carbocycles. The summed E-state index contributed by atoms with van der Waals surface area (Å²) in [5.74, 6) is -3.13. The Kier molecular flexibility index (Phi) is 7.30. The average Bonchev–Trinajstić information content (AvgIpc) is 3.10. The first kappa shape index (κ1) is 26.7. The van der Waals surface area contributed by atoms with Crippen molar-refractivity contribution in [3.05, 3.63) is 0 Å². The number of carbonyl (C=O) groups is 5. The Morgan fingerprint density at radius 1 is 1.18 bits per heavy atom. The molecule has 5 amide bonds. The van der Waals surface area contributed by atoms with Crippen molar-refractivity contribution in [2.24, 2.45) is 34.3 Å². The van der Waals surface area contributed by atoms with Crippen LogP contribution in [0.25, 0.3) is 0 Å². The summed E-state index contributed by atoms with van der Waals surface area (Å²) in [5, 5.41) is 7.67. The van der Waals surface area contributed by atoms with Crippen molar-refractivity contribution in [1.82, 2.24) is 20.9 Å². The number of hydrogen-bond donors (Lipinski definition) is 4. The fourth-order valence-electron chi connectivity index (χ4n) is 5.70. The van der Waals surface area contributed by atoms with Gasteiger partial charge in [0, 0.05) is 21.7 Å². The third kappa shape index (κ3) is 6.40. The van der Waals surface area contributed by atoms with Crippen LogP contribution in [0.2, 0.25) is 0 Å². The lowest BCUT2D eigenvalue weighted by molar-refractivity contribution is -0.144. The van der Waals surface area contributed by atoms with Crippen molar-refractivity contribution in [2.45, 2.75) is 98.4 Å². The second-order valence-corrected chi connectivity index (χ2v) is 13.4. The van der Waals surface area contributed by atoms with Crippen LogP contribution < -0.4 is 21.7 Å². The molecule has 2 saturated heterocycles. The summed E-state index contributed by atoms with van der Waals surface area (Å²) in [7, 11) is 0. The Morgan fingerprint density at radius 2 is 1.82 bits per heavy atom. The minimum absolute atomic E-state index is 0.0627. The van der Waals surface area contributed by atoms with E-state index in [0.717, 1.165) is 0 Å². The Labute approximate surface area is 228 Å². The van der Waals surface area contributed by atoms with Crippen molar-refractivity contribution < 1.29 is 31.5 Å². The average molecular weight is 538 g/mol. The van der Waals surface area contributed by atoms with E-state index in [1.807, 2.05) is 34.6 Å². The number of amides is 5. The lowest BCUT2D eigenvalue weighted by atomic mass is 9.85. The van der Waals surface area contributed by atoms with Crippen molar-refractivity contribution in [1.29, 1.82) is 0 Å². The van der Waals surface area contributed by atoms with Crippen molar-refractivity contribution in [3.63, 3.8) is 0 Å². The van der Waals surface area contributed by atoms with E-state index in [-0.39, 0.29) is 36.5 Å². The Bertz CT molecular complexity index is 1070. The molecule has 0 aromatic heterocycles. The largest absolute Gasteiger partial charge is 0.444 e.